The number of piperazine rings is 1. The maximum atomic E-state index is 12.4. The van der Waals surface area contributed by atoms with Gasteiger partial charge in [-0.25, -0.2) is 0 Å². The molecule has 0 spiro atoms. The van der Waals surface area contributed by atoms with Crippen molar-refractivity contribution in [2.24, 2.45) is 0 Å². The van der Waals surface area contributed by atoms with Gasteiger partial charge in [-0.2, -0.15) is 0 Å². The lowest BCUT2D eigenvalue weighted by molar-refractivity contribution is -0.153. The molecule has 2 aliphatic rings. The van der Waals surface area contributed by atoms with E-state index < -0.39 is 0 Å². The van der Waals surface area contributed by atoms with Crippen molar-refractivity contribution >= 4 is 5.91 Å². The molecule has 1 unspecified atom stereocenters. The van der Waals surface area contributed by atoms with E-state index in [-0.39, 0.29) is 24.1 Å². The van der Waals surface area contributed by atoms with E-state index in [9.17, 15) is 9.90 Å². The van der Waals surface area contributed by atoms with E-state index in [0.29, 0.717) is 6.04 Å². The quantitative estimate of drug-likeness (QED) is 0.778. The minimum absolute atomic E-state index is 0.0517. The first-order valence-electron chi connectivity index (χ1n) is 6.61. The number of amides is 1. The smallest absolute Gasteiger partial charge is 0.242 e. The molecule has 4 heteroatoms. The predicted molar refractivity (Wildman–Crippen MR) is 66.7 cm³/mol. The van der Waals surface area contributed by atoms with Gasteiger partial charge in [0.05, 0.1) is 6.61 Å². The van der Waals surface area contributed by atoms with E-state index in [1.807, 2.05) is 16.8 Å². The van der Waals surface area contributed by atoms with E-state index in [0.717, 1.165) is 19.4 Å². The maximum absolute atomic E-state index is 12.4. The van der Waals surface area contributed by atoms with Crippen molar-refractivity contribution in [3.05, 3.63) is 0 Å². The Balaban J connectivity index is 2.19. The number of aliphatic hydroxyl groups excluding tert-OH is 1. The summed E-state index contributed by atoms with van der Waals surface area (Å²) in [5.74, 6) is 0.112. The standard InChI is InChI=1S/C13H24N2O2/c1-13(2)9-15(10-6-4-5-7-10)12(17)11(8-16)14(13)3/h10-11,16H,4-9H2,1-3H3. The summed E-state index contributed by atoms with van der Waals surface area (Å²) in [6, 6.07) is 0.0453. The number of hydrogen-bond donors (Lipinski definition) is 1. The van der Waals surface area contributed by atoms with Gasteiger partial charge in [0.2, 0.25) is 5.91 Å². The van der Waals surface area contributed by atoms with Crippen LogP contribution in [-0.4, -0.2) is 58.6 Å². The molecular formula is C13H24N2O2. The first-order chi connectivity index (χ1) is 7.97. The predicted octanol–water partition coefficient (Wildman–Crippen LogP) is 0.842. The molecule has 17 heavy (non-hydrogen) atoms. The molecule has 1 aliphatic heterocycles. The van der Waals surface area contributed by atoms with Crippen molar-refractivity contribution in [1.82, 2.24) is 9.80 Å². The topological polar surface area (TPSA) is 43.8 Å². The van der Waals surface area contributed by atoms with Crippen molar-refractivity contribution in [2.75, 3.05) is 20.2 Å². The average molecular weight is 240 g/mol. The summed E-state index contributed by atoms with van der Waals surface area (Å²) >= 11 is 0. The van der Waals surface area contributed by atoms with Gasteiger partial charge in [-0.3, -0.25) is 9.69 Å². The summed E-state index contributed by atoms with van der Waals surface area (Å²) in [5, 5.41) is 9.44. The third kappa shape index (κ3) is 2.20. The summed E-state index contributed by atoms with van der Waals surface area (Å²) < 4.78 is 0. The third-order valence-electron chi connectivity index (χ3n) is 4.49. The number of aliphatic hydroxyl groups is 1. The summed E-state index contributed by atoms with van der Waals surface area (Å²) in [6.07, 6.45) is 4.72. The van der Waals surface area contributed by atoms with Gasteiger partial charge in [0, 0.05) is 18.1 Å². The lowest BCUT2D eigenvalue weighted by atomic mass is 9.93. The molecule has 1 saturated carbocycles. The molecule has 0 aromatic heterocycles. The van der Waals surface area contributed by atoms with Gasteiger partial charge in [-0.05, 0) is 33.7 Å². The molecule has 4 nitrogen and oxygen atoms in total. The van der Waals surface area contributed by atoms with Crippen LogP contribution in [0.2, 0.25) is 0 Å². The Bertz CT molecular complexity index is 298. The first kappa shape index (κ1) is 12.8. The number of rotatable bonds is 2. The second kappa shape index (κ2) is 4.58. The fourth-order valence-corrected chi connectivity index (χ4v) is 3.11. The van der Waals surface area contributed by atoms with Crippen molar-refractivity contribution in [3.63, 3.8) is 0 Å². The van der Waals surface area contributed by atoms with Gasteiger partial charge in [0.15, 0.2) is 0 Å². The average Bonchev–Trinajstić information content (AvgIpc) is 2.78. The second-order valence-electron chi connectivity index (χ2n) is 6.03. The number of carbonyl (C=O) groups excluding carboxylic acids is 1. The molecule has 1 amide bonds. The molecule has 1 saturated heterocycles. The minimum Gasteiger partial charge on any atom is -0.394 e. The number of hydrogen-bond acceptors (Lipinski definition) is 3. The summed E-state index contributed by atoms with van der Waals surface area (Å²) in [7, 11) is 1.94. The van der Waals surface area contributed by atoms with Crippen molar-refractivity contribution in [3.8, 4) is 0 Å². The monoisotopic (exact) mass is 240 g/mol. The van der Waals surface area contributed by atoms with Gasteiger partial charge >= 0.3 is 0 Å². The molecule has 0 bridgehead atoms. The Hall–Kier alpha value is -0.610. The van der Waals surface area contributed by atoms with E-state index in [1.54, 1.807) is 0 Å². The van der Waals surface area contributed by atoms with Crippen LogP contribution >= 0.6 is 0 Å². The molecule has 2 rings (SSSR count). The van der Waals surface area contributed by atoms with Gasteiger partial charge in [-0.15, -0.1) is 0 Å². The summed E-state index contributed by atoms with van der Waals surface area (Å²) in [4.78, 5) is 16.4. The Morgan fingerprint density at radius 3 is 2.47 bits per heavy atom. The van der Waals surface area contributed by atoms with E-state index >= 15 is 0 Å². The van der Waals surface area contributed by atoms with E-state index in [1.165, 1.54) is 12.8 Å². The Morgan fingerprint density at radius 1 is 1.35 bits per heavy atom. The van der Waals surface area contributed by atoms with Gasteiger partial charge in [-0.1, -0.05) is 12.8 Å². The Labute approximate surface area is 104 Å². The highest BCUT2D eigenvalue weighted by molar-refractivity contribution is 5.83. The molecule has 1 atom stereocenters. The minimum atomic E-state index is -0.362. The van der Waals surface area contributed by atoms with Gasteiger partial charge in [0.25, 0.3) is 0 Å². The van der Waals surface area contributed by atoms with Crippen LogP contribution in [0, 0.1) is 0 Å². The van der Waals surface area contributed by atoms with E-state index in [4.69, 9.17) is 0 Å². The van der Waals surface area contributed by atoms with Crippen LogP contribution in [0.25, 0.3) is 0 Å². The Kier molecular flexibility index (Phi) is 3.46. The van der Waals surface area contributed by atoms with Crippen LogP contribution in [0.4, 0.5) is 0 Å². The third-order valence-corrected chi connectivity index (χ3v) is 4.49. The first-order valence-corrected chi connectivity index (χ1v) is 6.61. The molecule has 1 aliphatic carbocycles. The summed E-state index contributed by atoms with van der Waals surface area (Å²) in [6.45, 7) is 4.99. The highest BCUT2D eigenvalue weighted by atomic mass is 16.3. The fraction of sp³-hybridized carbons (Fsp3) is 0.923. The van der Waals surface area contributed by atoms with Crippen LogP contribution < -0.4 is 0 Å². The lowest BCUT2D eigenvalue weighted by Gasteiger charge is -2.50. The van der Waals surface area contributed by atoms with Crippen molar-refractivity contribution in [2.45, 2.75) is 57.2 Å². The second-order valence-corrected chi connectivity index (χ2v) is 6.03. The zero-order valence-corrected chi connectivity index (χ0v) is 11.1. The van der Waals surface area contributed by atoms with Crippen LogP contribution in [0.15, 0.2) is 0 Å². The molecule has 1 heterocycles. The maximum Gasteiger partial charge on any atom is 0.242 e. The number of carbonyl (C=O) groups is 1. The fourth-order valence-electron chi connectivity index (χ4n) is 3.11. The van der Waals surface area contributed by atoms with Crippen LogP contribution in [0.5, 0.6) is 0 Å². The van der Waals surface area contributed by atoms with Crippen LogP contribution in [-0.2, 0) is 4.79 Å². The van der Waals surface area contributed by atoms with Gasteiger partial charge in [0.1, 0.15) is 6.04 Å². The van der Waals surface area contributed by atoms with Gasteiger partial charge < -0.3 is 10.0 Å². The molecule has 0 aromatic rings. The molecule has 0 aromatic carbocycles. The van der Waals surface area contributed by atoms with E-state index in [2.05, 4.69) is 13.8 Å². The summed E-state index contributed by atoms with van der Waals surface area (Å²) in [5.41, 5.74) is -0.0517. The Morgan fingerprint density at radius 2 is 1.94 bits per heavy atom. The largest absolute Gasteiger partial charge is 0.394 e. The number of nitrogens with zero attached hydrogens (tertiary/aromatic N) is 2. The molecule has 0 radical (unpaired) electrons. The van der Waals surface area contributed by atoms with Crippen molar-refractivity contribution < 1.29 is 9.90 Å². The lowest BCUT2D eigenvalue weighted by Crippen LogP contribution is -2.67. The molecular weight excluding hydrogens is 216 g/mol. The zero-order chi connectivity index (χ0) is 12.6. The molecule has 98 valence electrons. The molecule has 2 fully saturated rings. The van der Waals surface area contributed by atoms with Crippen molar-refractivity contribution in [1.29, 1.82) is 0 Å². The normalized spacial score (nSPS) is 31.2. The van der Waals surface area contributed by atoms with Crippen LogP contribution in [0.1, 0.15) is 39.5 Å². The SMILES string of the molecule is CN1C(CO)C(=O)N(C2CCCC2)CC1(C)C. The zero-order valence-electron chi connectivity index (χ0n) is 11.1. The molecule has 1 N–H and O–H groups in total. The number of likely N-dealkylation sites (N-methyl/N-ethyl adjacent to an activating group) is 1. The highest BCUT2D eigenvalue weighted by Gasteiger charge is 2.45. The highest BCUT2D eigenvalue weighted by Crippen LogP contribution is 2.31. The van der Waals surface area contributed by atoms with Crippen LogP contribution in [0.3, 0.4) is 0 Å².